The molecule has 1 aromatic heterocycles. The van der Waals surface area contributed by atoms with Gasteiger partial charge in [0, 0.05) is 35.0 Å². The van der Waals surface area contributed by atoms with Gasteiger partial charge in [-0.15, -0.1) is 0 Å². The highest BCUT2D eigenvalue weighted by atomic mass is 35.5. The predicted octanol–water partition coefficient (Wildman–Crippen LogP) is 5.73. The SMILES string of the molecule is Clc1ccc(CN2CCC(NC(c3ccc(Cl)cc3)c3cccnc3)CC2)cc1. The van der Waals surface area contributed by atoms with Gasteiger partial charge in [0.15, 0.2) is 0 Å². The molecule has 0 aliphatic carbocycles. The number of rotatable bonds is 6. The Morgan fingerprint density at radius 1 is 0.897 bits per heavy atom. The fourth-order valence-electron chi connectivity index (χ4n) is 3.93. The van der Waals surface area contributed by atoms with Crippen LogP contribution >= 0.6 is 23.2 Å². The summed E-state index contributed by atoms with van der Waals surface area (Å²) >= 11 is 12.1. The fraction of sp³-hybridized carbons (Fsp3) is 0.292. The molecule has 150 valence electrons. The van der Waals surface area contributed by atoms with Gasteiger partial charge < -0.3 is 5.32 Å². The van der Waals surface area contributed by atoms with E-state index in [4.69, 9.17) is 23.2 Å². The van der Waals surface area contributed by atoms with E-state index < -0.39 is 0 Å². The summed E-state index contributed by atoms with van der Waals surface area (Å²) in [7, 11) is 0. The van der Waals surface area contributed by atoms with E-state index in [1.54, 1.807) is 0 Å². The van der Waals surface area contributed by atoms with E-state index in [2.05, 4.69) is 45.5 Å². The van der Waals surface area contributed by atoms with Crippen molar-refractivity contribution in [3.8, 4) is 0 Å². The molecule has 3 nitrogen and oxygen atoms in total. The molecule has 1 saturated heterocycles. The van der Waals surface area contributed by atoms with Gasteiger partial charge in [0.2, 0.25) is 0 Å². The zero-order chi connectivity index (χ0) is 20.1. The van der Waals surface area contributed by atoms with Gasteiger partial charge in [-0.2, -0.15) is 0 Å². The number of hydrogen-bond donors (Lipinski definition) is 1. The number of aromatic nitrogens is 1. The molecule has 0 saturated carbocycles. The molecular weight excluding hydrogens is 401 g/mol. The molecule has 2 aromatic carbocycles. The van der Waals surface area contributed by atoms with Crippen LogP contribution < -0.4 is 5.32 Å². The number of piperidine rings is 1. The van der Waals surface area contributed by atoms with Crippen LogP contribution in [-0.2, 0) is 6.54 Å². The number of halogens is 2. The largest absolute Gasteiger partial charge is 0.303 e. The summed E-state index contributed by atoms with van der Waals surface area (Å²) in [5, 5.41) is 5.42. The quantitative estimate of drug-likeness (QED) is 0.546. The first kappa shape index (κ1) is 20.4. The van der Waals surface area contributed by atoms with Gasteiger partial charge in [0.25, 0.3) is 0 Å². The molecule has 1 unspecified atom stereocenters. The Labute approximate surface area is 182 Å². The second-order valence-electron chi connectivity index (χ2n) is 7.61. The predicted molar refractivity (Wildman–Crippen MR) is 120 cm³/mol. The van der Waals surface area contributed by atoms with Crippen molar-refractivity contribution in [3.05, 3.63) is 99.8 Å². The van der Waals surface area contributed by atoms with Gasteiger partial charge in [0.1, 0.15) is 0 Å². The third kappa shape index (κ3) is 5.58. The van der Waals surface area contributed by atoms with E-state index >= 15 is 0 Å². The van der Waals surface area contributed by atoms with Crippen molar-refractivity contribution in [2.75, 3.05) is 13.1 Å². The van der Waals surface area contributed by atoms with Crippen LogP contribution in [0.3, 0.4) is 0 Å². The third-order valence-electron chi connectivity index (χ3n) is 5.53. The standard InChI is InChI=1S/C24H25Cl2N3/c25-21-7-3-18(4-8-21)17-29-14-11-23(12-15-29)28-24(20-2-1-13-27-16-20)19-5-9-22(26)10-6-19/h1-10,13,16,23-24,28H,11-12,14-15,17H2. The van der Waals surface area contributed by atoms with Crippen LogP contribution in [0.25, 0.3) is 0 Å². The summed E-state index contributed by atoms with van der Waals surface area (Å²) in [4.78, 5) is 6.84. The highest BCUT2D eigenvalue weighted by molar-refractivity contribution is 6.30. The van der Waals surface area contributed by atoms with E-state index in [1.165, 1.54) is 16.7 Å². The second-order valence-corrected chi connectivity index (χ2v) is 8.49. The summed E-state index contributed by atoms with van der Waals surface area (Å²) in [6.45, 7) is 3.15. The molecule has 1 aliphatic rings. The van der Waals surface area contributed by atoms with Crippen molar-refractivity contribution < 1.29 is 0 Å². The van der Waals surface area contributed by atoms with Crippen LogP contribution in [0, 0.1) is 0 Å². The minimum absolute atomic E-state index is 0.119. The lowest BCUT2D eigenvalue weighted by Gasteiger charge is -2.35. The van der Waals surface area contributed by atoms with E-state index in [0.29, 0.717) is 6.04 Å². The Morgan fingerprint density at radius 2 is 1.55 bits per heavy atom. The van der Waals surface area contributed by atoms with Crippen LogP contribution in [0.1, 0.15) is 35.6 Å². The normalized spacial score (nSPS) is 16.6. The number of nitrogens with zero attached hydrogens (tertiary/aromatic N) is 2. The molecular formula is C24H25Cl2N3. The summed E-state index contributed by atoms with van der Waals surface area (Å²) in [5.74, 6) is 0. The molecule has 4 rings (SSSR count). The Bertz CT molecular complexity index is 890. The highest BCUT2D eigenvalue weighted by Crippen LogP contribution is 2.26. The molecule has 3 aromatic rings. The minimum atomic E-state index is 0.119. The molecule has 1 atom stereocenters. The first-order chi connectivity index (χ1) is 14.2. The van der Waals surface area contributed by atoms with Crippen LogP contribution in [0.4, 0.5) is 0 Å². The molecule has 2 heterocycles. The summed E-state index contributed by atoms with van der Waals surface area (Å²) in [6, 6.07) is 21.0. The fourth-order valence-corrected chi connectivity index (χ4v) is 4.18. The van der Waals surface area contributed by atoms with Crippen LogP contribution in [0.2, 0.25) is 10.0 Å². The molecule has 1 aliphatic heterocycles. The number of nitrogens with one attached hydrogen (secondary N) is 1. The summed E-state index contributed by atoms with van der Waals surface area (Å²) in [5.41, 5.74) is 3.71. The van der Waals surface area contributed by atoms with Gasteiger partial charge in [-0.1, -0.05) is 53.5 Å². The van der Waals surface area contributed by atoms with Crippen molar-refractivity contribution in [2.24, 2.45) is 0 Å². The van der Waals surface area contributed by atoms with Crippen molar-refractivity contribution >= 4 is 23.2 Å². The maximum absolute atomic E-state index is 6.10. The monoisotopic (exact) mass is 425 g/mol. The molecule has 1 N–H and O–H groups in total. The average molecular weight is 426 g/mol. The average Bonchev–Trinajstić information content (AvgIpc) is 2.76. The zero-order valence-electron chi connectivity index (χ0n) is 16.3. The minimum Gasteiger partial charge on any atom is -0.303 e. The van der Waals surface area contributed by atoms with Crippen molar-refractivity contribution in [1.29, 1.82) is 0 Å². The number of hydrogen-bond acceptors (Lipinski definition) is 3. The van der Waals surface area contributed by atoms with Crippen molar-refractivity contribution in [3.63, 3.8) is 0 Å². The first-order valence-electron chi connectivity index (χ1n) is 10.1. The van der Waals surface area contributed by atoms with E-state index in [0.717, 1.165) is 42.5 Å². The van der Waals surface area contributed by atoms with Gasteiger partial charge >= 0.3 is 0 Å². The Balaban J connectivity index is 1.40. The lowest BCUT2D eigenvalue weighted by Crippen LogP contribution is -2.43. The molecule has 0 spiro atoms. The molecule has 5 heteroatoms. The van der Waals surface area contributed by atoms with Crippen LogP contribution in [0.5, 0.6) is 0 Å². The van der Waals surface area contributed by atoms with Gasteiger partial charge in [-0.25, -0.2) is 0 Å². The van der Waals surface area contributed by atoms with Gasteiger partial charge in [0.05, 0.1) is 6.04 Å². The second kappa shape index (κ2) is 9.73. The molecule has 0 bridgehead atoms. The van der Waals surface area contributed by atoms with Crippen molar-refractivity contribution in [1.82, 2.24) is 15.2 Å². The smallest absolute Gasteiger partial charge is 0.0594 e. The Kier molecular flexibility index (Phi) is 6.83. The Morgan fingerprint density at radius 3 is 2.17 bits per heavy atom. The molecule has 0 radical (unpaired) electrons. The van der Waals surface area contributed by atoms with Gasteiger partial charge in [-0.3, -0.25) is 9.88 Å². The third-order valence-corrected chi connectivity index (χ3v) is 6.03. The number of pyridine rings is 1. The lowest BCUT2D eigenvalue weighted by atomic mass is 9.96. The molecule has 29 heavy (non-hydrogen) atoms. The number of benzene rings is 2. The Hall–Kier alpha value is -1.91. The van der Waals surface area contributed by atoms with E-state index in [1.807, 2.05) is 42.7 Å². The maximum atomic E-state index is 6.10. The highest BCUT2D eigenvalue weighted by Gasteiger charge is 2.23. The van der Waals surface area contributed by atoms with Crippen molar-refractivity contribution in [2.45, 2.75) is 31.5 Å². The zero-order valence-corrected chi connectivity index (χ0v) is 17.8. The van der Waals surface area contributed by atoms with E-state index in [-0.39, 0.29) is 6.04 Å². The van der Waals surface area contributed by atoms with Crippen LogP contribution in [-0.4, -0.2) is 29.0 Å². The van der Waals surface area contributed by atoms with E-state index in [9.17, 15) is 0 Å². The lowest BCUT2D eigenvalue weighted by molar-refractivity contribution is 0.186. The molecule has 0 amide bonds. The first-order valence-corrected chi connectivity index (χ1v) is 10.8. The number of likely N-dealkylation sites (tertiary alicyclic amines) is 1. The molecule has 1 fully saturated rings. The maximum Gasteiger partial charge on any atom is 0.0594 e. The van der Waals surface area contributed by atoms with Crippen LogP contribution in [0.15, 0.2) is 73.1 Å². The summed E-state index contributed by atoms with van der Waals surface area (Å²) < 4.78 is 0. The topological polar surface area (TPSA) is 28.2 Å². The summed E-state index contributed by atoms with van der Waals surface area (Å²) in [6.07, 6.45) is 6.01. The van der Waals surface area contributed by atoms with Gasteiger partial charge in [-0.05, 0) is 73.0 Å².